The summed E-state index contributed by atoms with van der Waals surface area (Å²) in [6.07, 6.45) is 2.20. The first-order valence-corrected chi connectivity index (χ1v) is 6.38. The highest BCUT2D eigenvalue weighted by atomic mass is 79.9. The zero-order chi connectivity index (χ0) is 13.0. The molecule has 0 atom stereocenters. The largest absolute Gasteiger partial charge is 0.496 e. The van der Waals surface area contributed by atoms with E-state index in [0.29, 0.717) is 13.0 Å². The molecular formula is C12H14BrN3O2. The van der Waals surface area contributed by atoms with Gasteiger partial charge in [0.05, 0.1) is 17.1 Å². The molecule has 0 unspecified atom stereocenters. The van der Waals surface area contributed by atoms with Crippen molar-refractivity contribution in [2.24, 2.45) is 0 Å². The van der Waals surface area contributed by atoms with Gasteiger partial charge in [-0.25, -0.2) is 9.97 Å². The third-order valence-corrected chi connectivity index (χ3v) is 3.16. The molecule has 0 aliphatic carbocycles. The Morgan fingerprint density at radius 2 is 2.22 bits per heavy atom. The van der Waals surface area contributed by atoms with Crippen LogP contribution in [0.4, 0.5) is 5.82 Å². The minimum atomic E-state index is 0.158. The Balaban J connectivity index is 2.40. The number of halogens is 1. The number of nitrogens with zero attached hydrogens (tertiary/aromatic N) is 2. The second-order valence-electron chi connectivity index (χ2n) is 3.73. The van der Waals surface area contributed by atoms with Gasteiger partial charge in [0.2, 0.25) is 0 Å². The summed E-state index contributed by atoms with van der Waals surface area (Å²) in [6, 6.07) is 3.79. The maximum absolute atomic E-state index is 8.78. The Bertz CT molecular complexity index is 548. The lowest BCUT2D eigenvalue weighted by atomic mass is 10.2. The first kappa shape index (κ1) is 13.0. The maximum atomic E-state index is 8.78. The van der Waals surface area contributed by atoms with Crippen molar-refractivity contribution in [2.45, 2.75) is 6.42 Å². The Kier molecular flexibility index (Phi) is 4.33. The molecule has 1 aromatic heterocycles. The van der Waals surface area contributed by atoms with Gasteiger partial charge in [-0.15, -0.1) is 0 Å². The molecule has 96 valence electrons. The van der Waals surface area contributed by atoms with Crippen LogP contribution in [0, 0.1) is 0 Å². The van der Waals surface area contributed by atoms with E-state index in [9.17, 15) is 0 Å². The third kappa shape index (κ3) is 2.70. The van der Waals surface area contributed by atoms with Crippen LogP contribution in [0.3, 0.4) is 0 Å². The summed E-state index contributed by atoms with van der Waals surface area (Å²) in [4.78, 5) is 8.43. The molecule has 0 radical (unpaired) electrons. The minimum Gasteiger partial charge on any atom is -0.496 e. The fraction of sp³-hybridized carbons (Fsp3) is 0.333. The fourth-order valence-corrected chi connectivity index (χ4v) is 2.13. The van der Waals surface area contributed by atoms with E-state index in [4.69, 9.17) is 9.84 Å². The topological polar surface area (TPSA) is 67.3 Å². The van der Waals surface area contributed by atoms with Crippen LogP contribution in [-0.4, -0.2) is 35.3 Å². The highest BCUT2D eigenvalue weighted by Crippen LogP contribution is 2.31. The van der Waals surface area contributed by atoms with Crippen molar-refractivity contribution >= 4 is 32.7 Å². The van der Waals surface area contributed by atoms with E-state index in [-0.39, 0.29) is 6.61 Å². The number of nitrogens with one attached hydrogen (secondary N) is 1. The lowest BCUT2D eigenvalue weighted by Gasteiger charge is -2.10. The summed E-state index contributed by atoms with van der Waals surface area (Å²) in [5.41, 5.74) is 0.837. The number of methoxy groups -OCH3 is 1. The summed E-state index contributed by atoms with van der Waals surface area (Å²) >= 11 is 3.43. The molecule has 2 rings (SSSR count). The van der Waals surface area contributed by atoms with Crippen molar-refractivity contribution in [3.05, 3.63) is 22.9 Å². The molecule has 1 heterocycles. The van der Waals surface area contributed by atoms with Crippen LogP contribution in [0.5, 0.6) is 5.75 Å². The van der Waals surface area contributed by atoms with E-state index >= 15 is 0 Å². The Morgan fingerprint density at radius 3 is 2.94 bits per heavy atom. The predicted octanol–water partition coefficient (Wildman–Crippen LogP) is 2.20. The summed E-state index contributed by atoms with van der Waals surface area (Å²) in [5, 5.41) is 12.9. The van der Waals surface area contributed by atoms with Crippen LogP contribution in [0.2, 0.25) is 0 Å². The number of aromatic nitrogens is 2. The Labute approximate surface area is 113 Å². The van der Waals surface area contributed by atoms with Crippen molar-refractivity contribution in [3.63, 3.8) is 0 Å². The van der Waals surface area contributed by atoms with Crippen LogP contribution in [0.1, 0.15) is 6.42 Å². The Hall–Kier alpha value is -1.40. The van der Waals surface area contributed by atoms with Gasteiger partial charge in [-0.2, -0.15) is 0 Å². The number of hydrogen-bond acceptors (Lipinski definition) is 5. The second-order valence-corrected chi connectivity index (χ2v) is 4.58. The zero-order valence-corrected chi connectivity index (χ0v) is 11.6. The summed E-state index contributed by atoms with van der Waals surface area (Å²) < 4.78 is 6.12. The lowest BCUT2D eigenvalue weighted by molar-refractivity contribution is 0.292. The zero-order valence-electron chi connectivity index (χ0n) is 9.98. The van der Waals surface area contributed by atoms with Crippen LogP contribution in [0.15, 0.2) is 22.9 Å². The maximum Gasteiger partial charge on any atom is 0.137 e. The summed E-state index contributed by atoms with van der Waals surface area (Å²) in [6.45, 7) is 0.825. The number of aliphatic hydroxyl groups is 1. The molecule has 0 amide bonds. The molecule has 6 heteroatoms. The second kappa shape index (κ2) is 5.97. The lowest BCUT2D eigenvalue weighted by Crippen LogP contribution is -2.06. The van der Waals surface area contributed by atoms with Crippen LogP contribution >= 0.6 is 15.9 Å². The smallest absolute Gasteiger partial charge is 0.137 e. The standard InChI is InChI=1S/C12H14BrN3O2/c1-18-11-5-8-10(6-9(11)13)15-7-16-12(8)14-3-2-4-17/h5-7,17H,2-4H2,1H3,(H,14,15,16). The molecule has 0 aliphatic rings. The highest BCUT2D eigenvalue weighted by Gasteiger charge is 2.08. The van der Waals surface area contributed by atoms with Crippen molar-refractivity contribution in [2.75, 3.05) is 25.6 Å². The molecule has 5 nitrogen and oxygen atoms in total. The first-order chi connectivity index (χ1) is 8.76. The molecule has 0 spiro atoms. The van der Waals surface area contributed by atoms with Crippen molar-refractivity contribution < 1.29 is 9.84 Å². The number of aliphatic hydroxyl groups excluding tert-OH is 1. The third-order valence-electron chi connectivity index (χ3n) is 2.54. The van der Waals surface area contributed by atoms with Gasteiger partial charge in [-0.1, -0.05) is 0 Å². The normalized spacial score (nSPS) is 10.6. The van der Waals surface area contributed by atoms with Gasteiger partial charge in [-0.05, 0) is 34.5 Å². The number of fused-ring (bicyclic) bond motifs is 1. The summed E-state index contributed by atoms with van der Waals surface area (Å²) in [5.74, 6) is 1.49. The molecule has 0 saturated carbocycles. The molecular weight excluding hydrogens is 298 g/mol. The molecule has 0 fully saturated rings. The fourth-order valence-electron chi connectivity index (χ4n) is 1.64. The van der Waals surface area contributed by atoms with Crippen molar-refractivity contribution in [3.8, 4) is 5.75 Å². The number of benzene rings is 1. The average molecular weight is 312 g/mol. The SMILES string of the molecule is COc1cc2c(NCCCO)ncnc2cc1Br. The Morgan fingerprint density at radius 1 is 1.39 bits per heavy atom. The van der Waals surface area contributed by atoms with Crippen molar-refractivity contribution in [1.82, 2.24) is 9.97 Å². The van der Waals surface area contributed by atoms with Crippen molar-refractivity contribution in [1.29, 1.82) is 0 Å². The van der Waals surface area contributed by atoms with Crippen LogP contribution in [-0.2, 0) is 0 Å². The average Bonchev–Trinajstić information content (AvgIpc) is 2.38. The van der Waals surface area contributed by atoms with Crippen LogP contribution in [0.25, 0.3) is 10.9 Å². The molecule has 2 aromatic rings. The van der Waals surface area contributed by atoms with Gasteiger partial charge in [0.1, 0.15) is 17.9 Å². The first-order valence-electron chi connectivity index (χ1n) is 5.59. The minimum absolute atomic E-state index is 0.158. The quantitative estimate of drug-likeness (QED) is 0.829. The van der Waals surface area contributed by atoms with Gasteiger partial charge in [-0.3, -0.25) is 0 Å². The molecule has 1 aromatic carbocycles. The van der Waals surface area contributed by atoms with Gasteiger partial charge in [0.15, 0.2) is 0 Å². The predicted molar refractivity (Wildman–Crippen MR) is 74.0 cm³/mol. The van der Waals surface area contributed by atoms with E-state index in [1.54, 1.807) is 7.11 Å². The van der Waals surface area contributed by atoms with E-state index in [2.05, 4.69) is 31.2 Å². The molecule has 2 N–H and O–H groups in total. The van der Waals surface area contributed by atoms with Gasteiger partial charge < -0.3 is 15.2 Å². The van der Waals surface area contributed by atoms with E-state index in [1.165, 1.54) is 6.33 Å². The number of anilines is 1. The number of hydrogen-bond donors (Lipinski definition) is 2. The van der Waals surface area contributed by atoms with E-state index in [0.717, 1.165) is 26.9 Å². The highest BCUT2D eigenvalue weighted by molar-refractivity contribution is 9.10. The molecule has 0 bridgehead atoms. The monoisotopic (exact) mass is 311 g/mol. The molecule has 18 heavy (non-hydrogen) atoms. The van der Waals surface area contributed by atoms with Crippen LogP contribution < -0.4 is 10.1 Å². The molecule has 0 aliphatic heterocycles. The number of ether oxygens (including phenoxy) is 1. The van der Waals surface area contributed by atoms with E-state index in [1.807, 2.05) is 12.1 Å². The molecule has 0 saturated heterocycles. The van der Waals surface area contributed by atoms with E-state index < -0.39 is 0 Å². The van der Waals surface area contributed by atoms with Gasteiger partial charge in [0.25, 0.3) is 0 Å². The number of rotatable bonds is 5. The summed E-state index contributed by atoms with van der Waals surface area (Å²) in [7, 11) is 1.62. The van der Waals surface area contributed by atoms with Gasteiger partial charge >= 0.3 is 0 Å². The van der Waals surface area contributed by atoms with Gasteiger partial charge in [0, 0.05) is 18.5 Å².